The number of rotatable bonds is 2. The van der Waals surface area contributed by atoms with Gasteiger partial charge in [-0.25, -0.2) is 9.69 Å². The monoisotopic (exact) mass is 379 g/mol. The maximum Gasteiger partial charge on any atom is 0.416 e. The van der Waals surface area contributed by atoms with Crippen LogP contribution in [0.2, 0.25) is 0 Å². The van der Waals surface area contributed by atoms with Crippen LogP contribution in [-0.4, -0.2) is 52.3 Å². The zero-order valence-electron chi connectivity index (χ0n) is 14.1. The van der Waals surface area contributed by atoms with Crippen LogP contribution in [0.25, 0.3) is 0 Å². The Morgan fingerprint density at radius 2 is 1.89 bits per heavy atom. The van der Waals surface area contributed by atoms with Crippen LogP contribution in [0.3, 0.4) is 0 Å². The molecule has 2 bridgehead atoms. The zero-order chi connectivity index (χ0) is 19.1. The van der Waals surface area contributed by atoms with Crippen molar-refractivity contribution in [3.63, 3.8) is 0 Å². The summed E-state index contributed by atoms with van der Waals surface area (Å²) in [4.78, 5) is 42.2. The average Bonchev–Trinajstić information content (AvgIpc) is 3.21. The van der Waals surface area contributed by atoms with Crippen LogP contribution in [0.5, 0.6) is 0 Å². The second kappa shape index (κ2) is 5.24. The van der Waals surface area contributed by atoms with Crippen LogP contribution < -0.4 is 4.90 Å². The van der Waals surface area contributed by atoms with Crippen LogP contribution in [-0.2, 0) is 15.8 Å². The number of anilines is 1. The van der Waals surface area contributed by atoms with E-state index in [-0.39, 0.29) is 29.6 Å². The number of likely N-dealkylation sites (tertiary alicyclic amines) is 1. The SMILES string of the molecule is O=C1[C@H]2[C@@H]3C[C@@H](CN3C(=O)C3CC3)N2C(=O)N1c1cccc(C(F)(F)F)c1. The fourth-order valence-electron chi connectivity index (χ4n) is 4.53. The third-order valence-corrected chi connectivity index (χ3v) is 5.91. The summed E-state index contributed by atoms with van der Waals surface area (Å²) in [5.41, 5.74) is -1.00. The van der Waals surface area contributed by atoms with Gasteiger partial charge in [0.05, 0.1) is 23.3 Å². The molecule has 1 aromatic rings. The normalized spacial score (nSPS) is 29.7. The van der Waals surface area contributed by atoms with E-state index in [4.69, 9.17) is 0 Å². The van der Waals surface area contributed by atoms with Crippen LogP contribution in [0.1, 0.15) is 24.8 Å². The van der Waals surface area contributed by atoms with Gasteiger partial charge in [-0.2, -0.15) is 13.2 Å². The summed E-state index contributed by atoms with van der Waals surface area (Å²) in [6, 6.07) is 2.18. The number of fused-ring (bicyclic) bond motifs is 5. The molecule has 3 atom stereocenters. The summed E-state index contributed by atoms with van der Waals surface area (Å²) in [5.74, 6) is -0.510. The molecular weight excluding hydrogens is 363 g/mol. The molecule has 1 aromatic carbocycles. The number of alkyl halides is 3. The number of hydrogen-bond acceptors (Lipinski definition) is 3. The number of amides is 4. The summed E-state index contributed by atoms with van der Waals surface area (Å²) in [7, 11) is 0. The van der Waals surface area contributed by atoms with Crippen molar-refractivity contribution in [1.82, 2.24) is 9.80 Å². The first-order chi connectivity index (χ1) is 12.8. The van der Waals surface area contributed by atoms with Gasteiger partial charge in [-0.15, -0.1) is 0 Å². The molecular formula is C18H16F3N3O3. The molecule has 3 heterocycles. The Kier molecular flexibility index (Phi) is 3.22. The van der Waals surface area contributed by atoms with Gasteiger partial charge in [-0.3, -0.25) is 9.59 Å². The summed E-state index contributed by atoms with van der Waals surface area (Å²) in [6.07, 6.45) is -2.31. The van der Waals surface area contributed by atoms with Crippen LogP contribution in [0.15, 0.2) is 24.3 Å². The van der Waals surface area contributed by atoms with Gasteiger partial charge in [0.15, 0.2) is 0 Å². The molecule has 142 valence electrons. The molecule has 0 aromatic heterocycles. The molecule has 3 saturated heterocycles. The van der Waals surface area contributed by atoms with Gasteiger partial charge in [-0.1, -0.05) is 6.07 Å². The first-order valence-electron chi connectivity index (χ1n) is 8.91. The molecule has 27 heavy (non-hydrogen) atoms. The quantitative estimate of drug-likeness (QED) is 0.741. The fourth-order valence-corrected chi connectivity index (χ4v) is 4.53. The maximum atomic E-state index is 13.0. The van der Waals surface area contributed by atoms with E-state index in [2.05, 4.69) is 0 Å². The Hall–Kier alpha value is -2.58. The third kappa shape index (κ3) is 2.30. The van der Waals surface area contributed by atoms with Gasteiger partial charge in [-0.05, 0) is 37.5 Å². The van der Waals surface area contributed by atoms with Gasteiger partial charge in [0.25, 0.3) is 5.91 Å². The molecule has 4 amide bonds. The highest BCUT2D eigenvalue weighted by molar-refractivity contribution is 6.22. The molecule has 3 aliphatic heterocycles. The van der Waals surface area contributed by atoms with E-state index in [0.717, 1.165) is 29.9 Å². The highest BCUT2D eigenvalue weighted by Crippen LogP contribution is 2.45. The highest BCUT2D eigenvalue weighted by Gasteiger charge is 2.63. The minimum atomic E-state index is -4.56. The van der Waals surface area contributed by atoms with Crippen molar-refractivity contribution in [3.8, 4) is 0 Å². The maximum absolute atomic E-state index is 13.0. The summed E-state index contributed by atoms with van der Waals surface area (Å²) >= 11 is 0. The number of hydrogen-bond donors (Lipinski definition) is 0. The highest BCUT2D eigenvalue weighted by atomic mass is 19.4. The van der Waals surface area contributed by atoms with Crippen LogP contribution in [0.4, 0.5) is 23.7 Å². The lowest BCUT2D eigenvalue weighted by Crippen LogP contribution is -2.55. The number of halogens is 3. The molecule has 5 rings (SSSR count). The predicted octanol–water partition coefficient (Wildman–Crippen LogP) is 2.24. The molecule has 0 radical (unpaired) electrons. The summed E-state index contributed by atoms with van der Waals surface area (Å²) in [5, 5.41) is 0. The van der Waals surface area contributed by atoms with Crippen LogP contribution in [0, 0.1) is 5.92 Å². The minimum Gasteiger partial charge on any atom is -0.335 e. The van der Waals surface area contributed by atoms with Crippen molar-refractivity contribution < 1.29 is 27.6 Å². The van der Waals surface area contributed by atoms with Crippen molar-refractivity contribution in [3.05, 3.63) is 29.8 Å². The molecule has 4 aliphatic rings. The zero-order valence-corrected chi connectivity index (χ0v) is 14.1. The number of benzene rings is 1. The Labute approximate surface area is 152 Å². The molecule has 1 aliphatic carbocycles. The Balaban J connectivity index is 1.46. The first-order valence-corrected chi connectivity index (χ1v) is 8.91. The van der Waals surface area contributed by atoms with Crippen molar-refractivity contribution in [1.29, 1.82) is 0 Å². The van der Waals surface area contributed by atoms with E-state index in [9.17, 15) is 27.6 Å². The second-order valence-electron chi connectivity index (χ2n) is 7.58. The number of carbonyl (C=O) groups is 3. The first kappa shape index (κ1) is 16.6. The molecule has 6 nitrogen and oxygen atoms in total. The van der Waals surface area contributed by atoms with Gasteiger partial charge >= 0.3 is 12.2 Å². The van der Waals surface area contributed by atoms with E-state index in [1.54, 1.807) is 4.90 Å². The largest absolute Gasteiger partial charge is 0.416 e. The lowest BCUT2D eigenvalue weighted by Gasteiger charge is -2.35. The van der Waals surface area contributed by atoms with Gasteiger partial charge in [0.2, 0.25) is 5.91 Å². The molecule has 0 unspecified atom stereocenters. The van der Waals surface area contributed by atoms with Crippen molar-refractivity contribution in [2.75, 3.05) is 11.4 Å². The van der Waals surface area contributed by atoms with Gasteiger partial charge in [0.1, 0.15) is 6.04 Å². The van der Waals surface area contributed by atoms with Gasteiger partial charge < -0.3 is 9.80 Å². The molecule has 0 N–H and O–H groups in total. The molecule has 9 heteroatoms. The lowest BCUT2D eigenvalue weighted by atomic mass is 10.1. The van der Waals surface area contributed by atoms with E-state index in [0.29, 0.717) is 13.0 Å². The standard InChI is InChI=1S/C18H16F3N3O3/c19-18(20,21)10-2-1-3-11(6-10)24-16(26)14-13-7-12(23(14)17(24)27)8-22(13)15(25)9-4-5-9/h1-3,6,9,12-14H,4-5,7-8H2/t12-,13-,14+/m0/s1. The Morgan fingerprint density at radius 1 is 1.15 bits per heavy atom. The number of imide groups is 1. The lowest BCUT2D eigenvalue weighted by molar-refractivity contribution is -0.138. The minimum absolute atomic E-state index is 0.0181. The van der Waals surface area contributed by atoms with Crippen LogP contribution >= 0.6 is 0 Å². The van der Waals surface area contributed by atoms with Crippen molar-refractivity contribution >= 4 is 23.5 Å². The predicted molar refractivity (Wildman–Crippen MR) is 86.6 cm³/mol. The van der Waals surface area contributed by atoms with E-state index < -0.39 is 29.7 Å². The number of piperazine rings is 1. The smallest absolute Gasteiger partial charge is 0.335 e. The molecule has 0 spiro atoms. The van der Waals surface area contributed by atoms with Crippen molar-refractivity contribution in [2.45, 2.75) is 43.6 Å². The Bertz CT molecular complexity index is 867. The average molecular weight is 379 g/mol. The van der Waals surface area contributed by atoms with E-state index >= 15 is 0 Å². The molecule has 4 fully saturated rings. The number of carbonyl (C=O) groups excluding carboxylic acids is 3. The number of urea groups is 1. The fraction of sp³-hybridized carbons (Fsp3) is 0.500. The summed E-state index contributed by atoms with van der Waals surface area (Å²) < 4.78 is 39.0. The second-order valence-corrected chi connectivity index (χ2v) is 7.58. The third-order valence-electron chi connectivity index (χ3n) is 5.91. The van der Waals surface area contributed by atoms with Gasteiger partial charge in [0, 0.05) is 12.5 Å². The topological polar surface area (TPSA) is 60.9 Å². The Morgan fingerprint density at radius 3 is 2.56 bits per heavy atom. The van der Waals surface area contributed by atoms with Crippen molar-refractivity contribution in [2.24, 2.45) is 5.92 Å². The van der Waals surface area contributed by atoms with E-state index in [1.807, 2.05) is 0 Å². The number of nitrogens with zero attached hydrogens (tertiary/aromatic N) is 3. The summed E-state index contributed by atoms with van der Waals surface area (Å²) in [6.45, 7) is 0.395. The van der Waals surface area contributed by atoms with E-state index in [1.165, 1.54) is 17.0 Å². The molecule has 1 saturated carbocycles.